The summed E-state index contributed by atoms with van der Waals surface area (Å²) >= 11 is 0. The molecule has 0 aliphatic rings. The van der Waals surface area contributed by atoms with Gasteiger partial charge in [0, 0.05) is 0 Å². The molecule has 6 heteroatoms. The van der Waals surface area contributed by atoms with Gasteiger partial charge < -0.3 is 20.9 Å². The second kappa shape index (κ2) is 5.17. The molecule has 0 spiro atoms. The Morgan fingerprint density at radius 1 is 1.05 bits per heavy atom. The number of ether oxygens (including phenoxy) is 2. The second-order valence-electron chi connectivity index (χ2n) is 5.21. The van der Waals surface area contributed by atoms with Crippen LogP contribution in [0.25, 0.3) is 0 Å². The Bertz CT molecular complexity index is 518. The summed E-state index contributed by atoms with van der Waals surface area (Å²) in [5.74, 6) is 0.176. The smallest absolute Gasteiger partial charge is 0.406 e. The highest BCUT2D eigenvalue weighted by Gasteiger charge is 2.21. The van der Waals surface area contributed by atoms with Crippen LogP contribution in [0.15, 0.2) is 12.1 Å². The van der Waals surface area contributed by atoms with Gasteiger partial charge in [-0.1, -0.05) is 26.8 Å². The van der Waals surface area contributed by atoms with Crippen LogP contribution in [0, 0.1) is 6.92 Å². The molecule has 1 aromatic rings. The van der Waals surface area contributed by atoms with Crippen LogP contribution >= 0.6 is 0 Å². The highest BCUT2D eigenvalue weighted by Crippen LogP contribution is 2.36. The molecule has 0 saturated carbocycles. The first kappa shape index (κ1) is 14.8. The summed E-state index contributed by atoms with van der Waals surface area (Å²) in [7, 11) is 0. The predicted molar refractivity (Wildman–Crippen MR) is 70.3 cm³/mol. The lowest BCUT2D eigenvalue weighted by Crippen LogP contribution is -2.21. The lowest BCUT2D eigenvalue weighted by Gasteiger charge is -2.22. The summed E-state index contributed by atoms with van der Waals surface area (Å²) in [6.07, 6.45) is -1.97. The fourth-order valence-electron chi connectivity index (χ4n) is 1.59. The molecular formula is C13H18N2O4. The molecule has 0 aromatic heterocycles. The highest BCUT2D eigenvalue weighted by molar-refractivity contribution is 5.73. The third-order valence-electron chi connectivity index (χ3n) is 2.52. The maximum Gasteiger partial charge on any atom is 0.410 e. The number of nitrogens with two attached hydrogens (primary N) is 2. The van der Waals surface area contributed by atoms with Crippen molar-refractivity contribution in [1.29, 1.82) is 0 Å². The predicted octanol–water partition coefficient (Wildman–Crippen LogP) is 2.21. The molecule has 0 unspecified atom stereocenters. The van der Waals surface area contributed by atoms with Crippen molar-refractivity contribution in [1.82, 2.24) is 0 Å². The number of benzene rings is 1. The van der Waals surface area contributed by atoms with Gasteiger partial charge in [-0.05, 0) is 29.5 Å². The Kier molecular flexibility index (Phi) is 4.04. The van der Waals surface area contributed by atoms with Gasteiger partial charge in [-0.15, -0.1) is 0 Å². The van der Waals surface area contributed by atoms with E-state index in [1.807, 2.05) is 26.8 Å². The molecular weight excluding hydrogens is 248 g/mol. The van der Waals surface area contributed by atoms with Gasteiger partial charge in [0.25, 0.3) is 0 Å². The van der Waals surface area contributed by atoms with Crippen LogP contribution in [0.2, 0.25) is 0 Å². The minimum atomic E-state index is -0.986. The Balaban J connectivity index is 3.38. The van der Waals surface area contributed by atoms with Crippen molar-refractivity contribution in [2.75, 3.05) is 0 Å². The fourth-order valence-corrected chi connectivity index (χ4v) is 1.59. The molecule has 0 aliphatic carbocycles. The molecule has 1 rings (SSSR count). The van der Waals surface area contributed by atoms with Gasteiger partial charge in [-0.25, -0.2) is 9.59 Å². The zero-order chi connectivity index (χ0) is 14.8. The Labute approximate surface area is 111 Å². The minimum Gasteiger partial charge on any atom is -0.406 e. The van der Waals surface area contributed by atoms with E-state index in [-0.39, 0.29) is 16.9 Å². The van der Waals surface area contributed by atoms with E-state index in [9.17, 15) is 9.59 Å². The number of hydrogen-bond donors (Lipinski definition) is 2. The van der Waals surface area contributed by atoms with Crippen LogP contribution < -0.4 is 20.9 Å². The fraction of sp³-hybridized carbons (Fsp3) is 0.385. The maximum absolute atomic E-state index is 10.9. The molecule has 104 valence electrons. The van der Waals surface area contributed by atoms with E-state index >= 15 is 0 Å². The van der Waals surface area contributed by atoms with Crippen molar-refractivity contribution in [3.05, 3.63) is 23.3 Å². The molecule has 0 aliphatic heterocycles. The molecule has 0 saturated heterocycles. The van der Waals surface area contributed by atoms with Gasteiger partial charge in [0.15, 0.2) is 11.5 Å². The van der Waals surface area contributed by atoms with Gasteiger partial charge in [0.1, 0.15) is 0 Å². The number of carbonyl (C=O) groups is 2. The molecule has 1 aromatic carbocycles. The number of rotatable bonds is 2. The molecule has 2 amide bonds. The Morgan fingerprint density at radius 3 is 2.00 bits per heavy atom. The molecule has 4 N–H and O–H groups in total. The topological polar surface area (TPSA) is 105 Å². The van der Waals surface area contributed by atoms with Crippen molar-refractivity contribution >= 4 is 12.2 Å². The van der Waals surface area contributed by atoms with Crippen LogP contribution in [0.1, 0.15) is 31.9 Å². The van der Waals surface area contributed by atoms with E-state index in [0.717, 1.165) is 5.56 Å². The number of primary amides is 2. The molecule has 0 radical (unpaired) electrons. The van der Waals surface area contributed by atoms with Crippen molar-refractivity contribution < 1.29 is 19.1 Å². The van der Waals surface area contributed by atoms with E-state index in [2.05, 4.69) is 0 Å². The van der Waals surface area contributed by atoms with Crippen molar-refractivity contribution in [3.8, 4) is 11.5 Å². The van der Waals surface area contributed by atoms with E-state index in [1.54, 1.807) is 13.0 Å². The van der Waals surface area contributed by atoms with Gasteiger partial charge in [-0.3, -0.25) is 0 Å². The average Bonchev–Trinajstić information content (AvgIpc) is 2.20. The normalized spacial score (nSPS) is 10.9. The lowest BCUT2D eigenvalue weighted by atomic mass is 9.86. The maximum atomic E-state index is 10.9. The molecule has 6 nitrogen and oxygen atoms in total. The Morgan fingerprint density at radius 2 is 1.58 bits per heavy atom. The first-order chi connectivity index (χ1) is 8.61. The van der Waals surface area contributed by atoms with Gasteiger partial charge >= 0.3 is 12.2 Å². The van der Waals surface area contributed by atoms with E-state index < -0.39 is 12.2 Å². The average molecular weight is 266 g/mol. The van der Waals surface area contributed by atoms with Crippen LogP contribution in [-0.2, 0) is 5.41 Å². The number of hydrogen-bond acceptors (Lipinski definition) is 4. The third-order valence-corrected chi connectivity index (χ3v) is 2.52. The number of carbonyl (C=O) groups excluding carboxylic acids is 2. The molecule has 0 heterocycles. The van der Waals surface area contributed by atoms with Crippen molar-refractivity contribution in [2.45, 2.75) is 33.1 Å². The molecule has 0 fully saturated rings. The first-order valence-corrected chi connectivity index (χ1v) is 5.71. The van der Waals surface area contributed by atoms with E-state index in [4.69, 9.17) is 20.9 Å². The van der Waals surface area contributed by atoms with Gasteiger partial charge in [-0.2, -0.15) is 0 Å². The van der Waals surface area contributed by atoms with Crippen LogP contribution in [0.4, 0.5) is 9.59 Å². The summed E-state index contributed by atoms with van der Waals surface area (Å²) in [5, 5.41) is 0. The third kappa shape index (κ3) is 3.87. The SMILES string of the molecule is Cc1cc(C(C)(C)C)cc(OC(N)=O)c1OC(N)=O. The van der Waals surface area contributed by atoms with E-state index in [0.29, 0.717) is 5.56 Å². The summed E-state index contributed by atoms with van der Waals surface area (Å²) in [5.41, 5.74) is 11.4. The standard InChI is InChI=1S/C13H18N2O4/c1-7-5-8(13(2,3)4)6-9(18-11(14)16)10(7)19-12(15)17/h5-6H,1-4H3,(H2,14,16)(H2,15,17). The van der Waals surface area contributed by atoms with Gasteiger partial charge in [0.2, 0.25) is 0 Å². The van der Waals surface area contributed by atoms with Crippen molar-refractivity contribution in [3.63, 3.8) is 0 Å². The molecule has 0 atom stereocenters. The zero-order valence-corrected chi connectivity index (χ0v) is 11.4. The summed E-state index contributed by atoms with van der Waals surface area (Å²) in [6, 6.07) is 3.45. The minimum absolute atomic E-state index is 0.0798. The molecule has 19 heavy (non-hydrogen) atoms. The first-order valence-electron chi connectivity index (χ1n) is 5.71. The Hall–Kier alpha value is -2.24. The molecule has 0 bridgehead atoms. The number of amides is 2. The second-order valence-corrected chi connectivity index (χ2v) is 5.21. The summed E-state index contributed by atoms with van der Waals surface area (Å²) < 4.78 is 9.72. The largest absolute Gasteiger partial charge is 0.410 e. The quantitative estimate of drug-likeness (QED) is 0.856. The van der Waals surface area contributed by atoms with Crippen LogP contribution in [0.5, 0.6) is 11.5 Å². The zero-order valence-electron chi connectivity index (χ0n) is 11.4. The van der Waals surface area contributed by atoms with Gasteiger partial charge in [0.05, 0.1) is 0 Å². The van der Waals surface area contributed by atoms with Crippen LogP contribution in [0.3, 0.4) is 0 Å². The monoisotopic (exact) mass is 266 g/mol. The lowest BCUT2D eigenvalue weighted by molar-refractivity contribution is 0.200. The summed E-state index contributed by atoms with van der Waals surface area (Å²) in [6.45, 7) is 7.74. The van der Waals surface area contributed by atoms with Crippen LogP contribution in [-0.4, -0.2) is 12.2 Å². The summed E-state index contributed by atoms with van der Waals surface area (Å²) in [4.78, 5) is 21.8. The van der Waals surface area contributed by atoms with E-state index in [1.165, 1.54) is 0 Å². The van der Waals surface area contributed by atoms with Crippen molar-refractivity contribution in [2.24, 2.45) is 11.5 Å². The number of aryl methyl sites for hydroxylation is 1. The highest BCUT2D eigenvalue weighted by atomic mass is 16.6.